The van der Waals surface area contributed by atoms with Crippen LogP contribution < -0.4 is 9.80 Å². The van der Waals surface area contributed by atoms with Crippen molar-refractivity contribution in [2.45, 2.75) is 0 Å². The molecule has 0 aliphatic carbocycles. The molecule has 0 spiro atoms. The summed E-state index contributed by atoms with van der Waals surface area (Å²) in [6, 6.07) is 14.6. The highest BCUT2D eigenvalue weighted by Crippen LogP contribution is 2.36. The van der Waals surface area contributed by atoms with Gasteiger partial charge in [0.25, 0.3) is 11.8 Å². The Labute approximate surface area is 181 Å². The van der Waals surface area contributed by atoms with E-state index in [1.165, 1.54) is 4.90 Å². The number of anilines is 2. The van der Waals surface area contributed by atoms with Gasteiger partial charge in [-0.25, -0.2) is 4.90 Å². The summed E-state index contributed by atoms with van der Waals surface area (Å²) in [6.07, 6.45) is 0. The number of likely N-dealkylation sites (N-methyl/N-ethyl adjacent to an activating group) is 1. The van der Waals surface area contributed by atoms with E-state index < -0.39 is 0 Å². The summed E-state index contributed by atoms with van der Waals surface area (Å²) in [5.41, 5.74) is 3.21. The van der Waals surface area contributed by atoms with Crippen LogP contribution in [0.4, 0.5) is 11.4 Å². The normalized spacial score (nSPS) is 17.9. The molecule has 4 rings (SSSR count). The zero-order valence-electron chi connectivity index (χ0n) is 17.4. The van der Waals surface area contributed by atoms with Crippen molar-refractivity contribution < 1.29 is 9.59 Å². The van der Waals surface area contributed by atoms with Crippen molar-refractivity contribution in [3.8, 4) is 0 Å². The summed E-state index contributed by atoms with van der Waals surface area (Å²) < 4.78 is 0. The van der Waals surface area contributed by atoms with Crippen LogP contribution in [0.25, 0.3) is 5.57 Å². The smallest absolute Gasteiger partial charge is 0.282 e. The van der Waals surface area contributed by atoms with Crippen LogP contribution in [0.15, 0.2) is 54.2 Å². The van der Waals surface area contributed by atoms with Crippen LogP contribution >= 0.6 is 11.6 Å². The minimum Gasteiger partial charge on any atom is -0.378 e. The van der Waals surface area contributed by atoms with Crippen molar-refractivity contribution in [1.82, 2.24) is 9.80 Å². The molecule has 0 atom stereocenters. The number of halogens is 1. The maximum atomic E-state index is 13.5. The minimum atomic E-state index is -0.297. The fourth-order valence-electron chi connectivity index (χ4n) is 3.85. The number of carbonyl (C=O) groups excluding carboxylic acids is 2. The van der Waals surface area contributed by atoms with E-state index in [0.717, 1.165) is 18.8 Å². The van der Waals surface area contributed by atoms with Crippen molar-refractivity contribution >= 4 is 40.4 Å². The molecular weight excluding hydrogens is 400 g/mol. The predicted octanol–water partition coefficient (Wildman–Crippen LogP) is 2.94. The van der Waals surface area contributed by atoms with Crippen LogP contribution in [-0.2, 0) is 9.59 Å². The lowest BCUT2D eigenvalue weighted by Crippen LogP contribution is -2.46. The molecule has 0 unspecified atom stereocenters. The third kappa shape index (κ3) is 3.68. The average Bonchev–Trinajstić information content (AvgIpc) is 2.99. The third-order valence-electron chi connectivity index (χ3n) is 5.64. The van der Waals surface area contributed by atoms with Crippen LogP contribution in [0, 0.1) is 0 Å². The molecule has 1 saturated heterocycles. The lowest BCUT2D eigenvalue weighted by molar-refractivity contribution is -0.120. The van der Waals surface area contributed by atoms with Crippen LogP contribution in [0.1, 0.15) is 5.56 Å². The second-order valence-electron chi connectivity index (χ2n) is 7.88. The van der Waals surface area contributed by atoms with Gasteiger partial charge in [0, 0.05) is 51.0 Å². The Hall–Kier alpha value is -2.83. The Morgan fingerprint density at radius 3 is 2.00 bits per heavy atom. The van der Waals surface area contributed by atoms with E-state index in [0.29, 0.717) is 40.6 Å². The zero-order chi connectivity index (χ0) is 21.4. The van der Waals surface area contributed by atoms with Gasteiger partial charge in [0.2, 0.25) is 0 Å². The van der Waals surface area contributed by atoms with Crippen molar-refractivity contribution in [2.75, 3.05) is 57.1 Å². The summed E-state index contributed by atoms with van der Waals surface area (Å²) in [5.74, 6) is -0.569. The van der Waals surface area contributed by atoms with Gasteiger partial charge in [-0.2, -0.15) is 0 Å². The number of piperazine rings is 1. The Morgan fingerprint density at radius 1 is 0.833 bits per heavy atom. The van der Waals surface area contributed by atoms with Gasteiger partial charge in [-0.1, -0.05) is 23.7 Å². The Kier molecular flexibility index (Phi) is 5.54. The summed E-state index contributed by atoms with van der Waals surface area (Å²) in [4.78, 5) is 34.6. The third-order valence-corrected chi connectivity index (χ3v) is 5.89. The lowest BCUT2D eigenvalue weighted by atomic mass is 10.0. The number of benzene rings is 2. The first-order valence-electron chi connectivity index (χ1n) is 9.96. The highest BCUT2D eigenvalue weighted by Gasteiger charge is 2.42. The summed E-state index contributed by atoms with van der Waals surface area (Å²) in [5, 5.41) is 0.591. The van der Waals surface area contributed by atoms with Gasteiger partial charge >= 0.3 is 0 Å². The molecule has 2 amide bonds. The van der Waals surface area contributed by atoms with Crippen LogP contribution in [0.2, 0.25) is 5.02 Å². The molecule has 2 aliphatic rings. The molecule has 2 heterocycles. The van der Waals surface area contributed by atoms with E-state index in [-0.39, 0.29) is 11.8 Å². The SMILES string of the molecule is CN1CCN(C2=C(c3ccc(Cl)cc3)C(=O)N(c3ccc(N(C)C)cc3)C2=O)CC1. The lowest BCUT2D eigenvalue weighted by Gasteiger charge is -2.34. The van der Waals surface area contributed by atoms with Crippen LogP contribution in [-0.4, -0.2) is 68.9 Å². The largest absolute Gasteiger partial charge is 0.378 e. The molecule has 156 valence electrons. The quantitative estimate of drug-likeness (QED) is 0.706. The number of carbonyl (C=O) groups is 2. The van der Waals surface area contributed by atoms with E-state index >= 15 is 0 Å². The maximum absolute atomic E-state index is 13.5. The number of imide groups is 1. The van der Waals surface area contributed by atoms with E-state index in [9.17, 15) is 9.59 Å². The van der Waals surface area contributed by atoms with Crippen molar-refractivity contribution in [3.05, 3.63) is 64.8 Å². The van der Waals surface area contributed by atoms with Crippen LogP contribution in [0.3, 0.4) is 0 Å². The first kappa shape index (κ1) is 20.4. The molecule has 2 aromatic rings. The fraction of sp³-hybridized carbons (Fsp3) is 0.304. The molecular formula is C23H25ClN4O2. The van der Waals surface area contributed by atoms with Gasteiger partial charge in [0.15, 0.2) is 0 Å². The molecule has 0 bridgehead atoms. The highest BCUT2D eigenvalue weighted by atomic mass is 35.5. The van der Waals surface area contributed by atoms with Gasteiger partial charge in [-0.3, -0.25) is 9.59 Å². The number of rotatable bonds is 4. The van der Waals surface area contributed by atoms with Gasteiger partial charge in [0.1, 0.15) is 5.70 Å². The second-order valence-corrected chi connectivity index (χ2v) is 8.31. The fourth-order valence-corrected chi connectivity index (χ4v) is 3.98. The van der Waals surface area contributed by atoms with Crippen LogP contribution in [0.5, 0.6) is 0 Å². The Balaban J connectivity index is 1.76. The van der Waals surface area contributed by atoms with Gasteiger partial charge in [-0.05, 0) is 49.0 Å². The van der Waals surface area contributed by atoms with Gasteiger partial charge < -0.3 is 14.7 Å². The maximum Gasteiger partial charge on any atom is 0.282 e. The molecule has 0 N–H and O–H groups in total. The zero-order valence-corrected chi connectivity index (χ0v) is 18.2. The second kappa shape index (κ2) is 8.13. The topological polar surface area (TPSA) is 47.1 Å². The Morgan fingerprint density at radius 2 is 1.43 bits per heavy atom. The molecule has 7 heteroatoms. The van der Waals surface area contributed by atoms with E-state index in [2.05, 4.69) is 11.9 Å². The first-order valence-corrected chi connectivity index (χ1v) is 10.3. The molecule has 0 saturated carbocycles. The van der Waals surface area contributed by atoms with E-state index in [1.807, 2.05) is 48.2 Å². The molecule has 1 fully saturated rings. The van der Waals surface area contributed by atoms with Gasteiger partial charge in [0.05, 0.1) is 11.3 Å². The number of hydrogen-bond donors (Lipinski definition) is 0. The summed E-state index contributed by atoms with van der Waals surface area (Å²) in [6.45, 7) is 3.09. The monoisotopic (exact) mass is 424 g/mol. The summed E-state index contributed by atoms with van der Waals surface area (Å²) >= 11 is 6.05. The molecule has 0 aromatic heterocycles. The minimum absolute atomic E-state index is 0.271. The number of nitrogens with zero attached hydrogens (tertiary/aromatic N) is 4. The molecule has 30 heavy (non-hydrogen) atoms. The van der Waals surface area contributed by atoms with E-state index in [4.69, 9.17) is 11.6 Å². The van der Waals surface area contributed by atoms with Crippen molar-refractivity contribution in [3.63, 3.8) is 0 Å². The Bertz CT molecular complexity index is 991. The molecule has 2 aromatic carbocycles. The van der Waals surface area contributed by atoms with Crippen molar-refractivity contribution in [1.29, 1.82) is 0 Å². The average molecular weight is 425 g/mol. The first-order chi connectivity index (χ1) is 14.4. The number of hydrogen-bond acceptors (Lipinski definition) is 5. The van der Waals surface area contributed by atoms with Gasteiger partial charge in [-0.15, -0.1) is 0 Å². The summed E-state index contributed by atoms with van der Waals surface area (Å²) in [7, 11) is 5.96. The predicted molar refractivity (Wildman–Crippen MR) is 121 cm³/mol. The van der Waals surface area contributed by atoms with Crippen molar-refractivity contribution in [2.24, 2.45) is 0 Å². The highest BCUT2D eigenvalue weighted by molar-refractivity contribution is 6.45. The van der Waals surface area contributed by atoms with E-state index in [1.54, 1.807) is 24.3 Å². The molecule has 0 radical (unpaired) electrons. The molecule has 6 nitrogen and oxygen atoms in total. The standard InChI is InChI=1S/C23H25ClN4O2/c1-25(2)18-8-10-19(11-9-18)28-22(29)20(16-4-6-17(24)7-5-16)21(23(28)30)27-14-12-26(3)13-15-27/h4-11H,12-15H2,1-3H3. The number of amides is 2. The molecule has 2 aliphatic heterocycles.